The SMILES string of the molecule is COc1cc(C)cc(C)c1-c1ccc2ccc(C3=CCCN(C(=O)OC(C)(C)C)C3)nc2n1. The second-order valence-electron chi connectivity index (χ2n) is 9.52. The summed E-state index contributed by atoms with van der Waals surface area (Å²) in [5.74, 6) is 0.804. The predicted molar refractivity (Wildman–Crippen MR) is 131 cm³/mol. The molecule has 33 heavy (non-hydrogen) atoms. The van der Waals surface area contributed by atoms with Gasteiger partial charge in [-0.3, -0.25) is 0 Å². The van der Waals surface area contributed by atoms with E-state index in [4.69, 9.17) is 19.4 Å². The molecule has 1 amide bonds. The van der Waals surface area contributed by atoms with E-state index < -0.39 is 5.60 Å². The maximum Gasteiger partial charge on any atom is 0.410 e. The Kier molecular flexibility index (Phi) is 6.11. The molecule has 1 aliphatic heterocycles. The van der Waals surface area contributed by atoms with Gasteiger partial charge in [0.25, 0.3) is 0 Å². The van der Waals surface area contributed by atoms with Crippen LogP contribution < -0.4 is 4.74 Å². The molecule has 0 spiro atoms. The topological polar surface area (TPSA) is 64.5 Å². The number of carbonyl (C=O) groups is 1. The third-order valence-corrected chi connectivity index (χ3v) is 5.60. The minimum Gasteiger partial charge on any atom is -0.496 e. The second kappa shape index (κ2) is 8.85. The summed E-state index contributed by atoms with van der Waals surface area (Å²) in [5, 5.41) is 0.964. The first-order chi connectivity index (χ1) is 15.6. The van der Waals surface area contributed by atoms with E-state index in [0.29, 0.717) is 18.7 Å². The minimum atomic E-state index is -0.519. The molecule has 3 aromatic rings. The standard InChI is InChI=1S/C27H31N3O3/c1-17-14-18(2)24(23(15-17)32-6)22-12-10-19-9-11-21(28-25(19)29-22)20-8-7-13-30(16-20)26(31)33-27(3,4)5/h8-12,14-15H,7,13,16H2,1-6H3. The van der Waals surface area contributed by atoms with Crippen molar-refractivity contribution in [3.63, 3.8) is 0 Å². The number of hydrogen-bond donors (Lipinski definition) is 0. The number of hydrogen-bond acceptors (Lipinski definition) is 5. The average molecular weight is 446 g/mol. The van der Waals surface area contributed by atoms with E-state index in [0.717, 1.165) is 51.2 Å². The molecule has 0 bridgehead atoms. The Morgan fingerprint density at radius 2 is 1.73 bits per heavy atom. The molecule has 0 saturated carbocycles. The molecule has 6 nitrogen and oxygen atoms in total. The summed E-state index contributed by atoms with van der Waals surface area (Å²) in [7, 11) is 1.68. The van der Waals surface area contributed by atoms with Crippen LogP contribution in [0.3, 0.4) is 0 Å². The molecule has 6 heteroatoms. The number of nitrogens with zero attached hydrogens (tertiary/aromatic N) is 3. The molecule has 1 aliphatic rings. The molecule has 1 aromatic carbocycles. The van der Waals surface area contributed by atoms with Gasteiger partial charge in [-0.15, -0.1) is 0 Å². The number of amides is 1. The molecule has 0 atom stereocenters. The summed E-state index contributed by atoms with van der Waals surface area (Å²) in [6.45, 7) is 10.9. The summed E-state index contributed by atoms with van der Waals surface area (Å²) < 4.78 is 11.2. The van der Waals surface area contributed by atoms with E-state index in [-0.39, 0.29) is 6.09 Å². The van der Waals surface area contributed by atoms with Gasteiger partial charge >= 0.3 is 6.09 Å². The molecule has 2 aromatic heterocycles. The molecule has 0 fully saturated rings. The van der Waals surface area contributed by atoms with Crippen LogP contribution in [0.1, 0.15) is 44.0 Å². The maximum atomic E-state index is 12.6. The molecule has 3 heterocycles. The number of rotatable bonds is 3. The van der Waals surface area contributed by atoms with Crippen LogP contribution in [0.2, 0.25) is 0 Å². The van der Waals surface area contributed by atoms with Gasteiger partial charge in [-0.25, -0.2) is 14.8 Å². The minimum absolute atomic E-state index is 0.295. The highest BCUT2D eigenvalue weighted by Gasteiger charge is 2.25. The van der Waals surface area contributed by atoms with E-state index in [2.05, 4.69) is 26.0 Å². The highest BCUT2D eigenvalue weighted by molar-refractivity contribution is 5.83. The zero-order chi connectivity index (χ0) is 23.8. The van der Waals surface area contributed by atoms with Crippen molar-refractivity contribution in [3.8, 4) is 17.0 Å². The molecule has 0 aliphatic carbocycles. The van der Waals surface area contributed by atoms with Crippen LogP contribution in [-0.4, -0.2) is 46.8 Å². The first kappa shape index (κ1) is 22.8. The number of benzene rings is 1. The largest absolute Gasteiger partial charge is 0.496 e. The molecule has 172 valence electrons. The number of aromatic nitrogens is 2. The van der Waals surface area contributed by atoms with Gasteiger partial charge in [0.1, 0.15) is 11.4 Å². The van der Waals surface area contributed by atoms with Crippen molar-refractivity contribution in [2.45, 2.75) is 46.6 Å². The summed E-state index contributed by atoms with van der Waals surface area (Å²) >= 11 is 0. The van der Waals surface area contributed by atoms with Gasteiger partial charge in [0.15, 0.2) is 5.65 Å². The van der Waals surface area contributed by atoms with Crippen molar-refractivity contribution in [2.24, 2.45) is 0 Å². The quantitative estimate of drug-likeness (QED) is 0.499. The van der Waals surface area contributed by atoms with Crippen LogP contribution in [0.4, 0.5) is 4.79 Å². The number of carbonyl (C=O) groups excluding carboxylic acids is 1. The lowest BCUT2D eigenvalue weighted by molar-refractivity contribution is 0.0273. The molecule has 4 rings (SSSR count). The fraction of sp³-hybridized carbons (Fsp3) is 0.370. The Labute approximate surface area is 195 Å². The smallest absolute Gasteiger partial charge is 0.410 e. The Morgan fingerprint density at radius 3 is 2.42 bits per heavy atom. The van der Waals surface area contributed by atoms with Crippen LogP contribution in [0.25, 0.3) is 27.9 Å². The summed E-state index contributed by atoms with van der Waals surface area (Å²) in [5.41, 5.74) is 6.04. The zero-order valence-corrected chi connectivity index (χ0v) is 20.2. The number of methoxy groups -OCH3 is 1. The van der Waals surface area contributed by atoms with Crippen LogP contribution in [0.5, 0.6) is 5.75 Å². The van der Waals surface area contributed by atoms with Crippen molar-refractivity contribution < 1.29 is 14.3 Å². The maximum absolute atomic E-state index is 12.6. The highest BCUT2D eigenvalue weighted by Crippen LogP contribution is 2.34. The van der Waals surface area contributed by atoms with Crippen LogP contribution in [0, 0.1) is 13.8 Å². The van der Waals surface area contributed by atoms with Gasteiger partial charge in [0, 0.05) is 17.5 Å². The van der Waals surface area contributed by atoms with E-state index >= 15 is 0 Å². The Bertz CT molecular complexity index is 1240. The lowest BCUT2D eigenvalue weighted by atomic mass is 10.0. The monoisotopic (exact) mass is 445 g/mol. The number of pyridine rings is 2. The van der Waals surface area contributed by atoms with Crippen molar-refractivity contribution in [3.05, 3.63) is 59.3 Å². The van der Waals surface area contributed by atoms with Gasteiger partial charge in [-0.05, 0) is 88.1 Å². The second-order valence-corrected chi connectivity index (χ2v) is 9.52. The first-order valence-electron chi connectivity index (χ1n) is 11.3. The Balaban J connectivity index is 1.67. The summed E-state index contributed by atoms with van der Waals surface area (Å²) in [6, 6.07) is 12.2. The van der Waals surface area contributed by atoms with Gasteiger partial charge in [0.2, 0.25) is 0 Å². The molecular weight excluding hydrogens is 414 g/mol. The predicted octanol–water partition coefficient (Wildman–Crippen LogP) is 5.95. The van der Waals surface area contributed by atoms with E-state index in [1.807, 2.05) is 51.1 Å². The zero-order valence-electron chi connectivity index (χ0n) is 20.2. The van der Waals surface area contributed by atoms with Gasteiger partial charge in [0.05, 0.1) is 25.0 Å². The van der Waals surface area contributed by atoms with Crippen LogP contribution in [0.15, 0.2) is 42.5 Å². The average Bonchev–Trinajstić information content (AvgIpc) is 2.76. The molecule has 0 saturated heterocycles. The number of fused-ring (bicyclic) bond motifs is 1. The third-order valence-electron chi connectivity index (χ3n) is 5.60. The Morgan fingerprint density at radius 1 is 1.03 bits per heavy atom. The van der Waals surface area contributed by atoms with Crippen molar-refractivity contribution in [2.75, 3.05) is 20.2 Å². The highest BCUT2D eigenvalue weighted by atomic mass is 16.6. The molecule has 0 N–H and O–H groups in total. The lowest BCUT2D eigenvalue weighted by Gasteiger charge is -2.30. The number of ether oxygens (including phenoxy) is 2. The van der Waals surface area contributed by atoms with Crippen LogP contribution >= 0.6 is 0 Å². The first-order valence-corrected chi connectivity index (χ1v) is 11.3. The van der Waals surface area contributed by atoms with Gasteiger partial charge in [-0.2, -0.15) is 0 Å². The summed E-state index contributed by atoms with van der Waals surface area (Å²) in [6.07, 6.45) is 2.62. The third kappa shape index (κ3) is 5.00. The lowest BCUT2D eigenvalue weighted by Crippen LogP contribution is -2.39. The fourth-order valence-electron chi connectivity index (χ4n) is 4.15. The number of aryl methyl sites for hydroxylation is 2. The Hall–Kier alpha value is -3.41. The van der Waals surface area contributed by atoms with E-state index in [9.17, 15) is 4.79 Å². The van der Waals surface area contributed by atoms with Crippen LogP contribution in [-0.2, 0) is 4.74 Å². The van der Waals surface area contributed by atoms with Crippen molar-refractivity contribution >= 4 is 22.7 Å². The molecule has 0 radical (unpaired) electrons. The summed E-state index contributed by atoms with van der Waals surface area (Å²) in [4.78, 5) is 24.0. The van der Waals surface area contributed by atoms with Crippen molar-refractivity contribution in [1.82, 2.24) is 14.9 Å². The van der Waals surface area contributed by atoms with Gasteiger partial charge < -0.3 is 14.4 Å². The van der Waals surface area contributed by atoms with Crippen molar-refractivity contribution in [1.29, 1.82) is 0 Å². The molecule has 0 unspecified atom stereocenters. The molecular formula is C27H31N3O3. The van der Waals surface area contributed by atoms with Gasteiger partial charge in [-0.1, -0.05) is 12.1 Å². The fourth-order valence-corrected chi connectivity index (χ4v) is 4.15. The normalized spacial score (nSPS) is 14.2. The van der Waals surface area contributed by atoms with E-state index in [1.165, 1.54) is 0 Å². The van der Waals surface area contributed by atoms with E-state index in [1.54, 1.807) is 12.0 Å².